The van der Waals surface area contributed by atoms with Crippen LogP contribution in [0.4, 0.5) is 4.79 Å². The van der Waals surface area contributed by atoms with E-state index in [1.54, 1.807) is 31.7 Å². The normalized spacial score (nSPS) is 18.3. The van der Waals surface area contributed by atoms with Gasteiger partial charge < -0.3 is 25.4 Å². The molecule has 2 aliphatic rings. The summed E-state index contributed by atoms with van der Waals surface area (Å²) in [6.07, 6.45) is 8.51. The number of aliphatic hydroxyl groups is 1. The maximum Gasteiger partial charge on any atom is 0.408 e. The van der Waals surface area contributed by atoms with Crippen molar-refractivity contribution in [3.05, 3.63) is 42.0 Å². The van der Waals surface area contributed by atoms with Crippen LogP contribution in [0.25, 0.3) is 6.08 Å². The second kappa shape index (κ2) is 12.4. The average molecular weight is 500 g/mol. The van der Waals surface area contributed by atoms with Crippen LogP contribution in [-0.2, 0) is 14.3 Å². The number of hydrogen-bond acceptors (Lipinski definition) is 5. The Hall–Kier alpha value is -2.87. The van der Waals surface area contributed by atoms with Gasteiger partial charge in [0.05, 0.1) is 6.61 Å². The first-order chi connectivity index (χ1) is 17.1. The minimum Gasteiger partial charge on any atom is -0.444 e. The zero-order chi connectivity index (χ0) is 26.3. The van der Waals surface area contributed by atoms with Crippen LogP contribution in [-0.4, -0.2) is 58.2 Å². The predicted molar refractivity (Wildman–Crippen MR) is 139 cm³/mol. The first kappa shape index (κ1) is 27.7. The molecule has 0 aliphatic heterocycles. The van der Waals surface area contributed by atoms with E-state index in [1.807, 2.05) is 24.3 Å². The molecule has 0 aromatic heterocycles. The highest BCUT2D eigenvalue weighted by Crippen LogP contribution is 2.34. The van der Waals surface area contributed by atoms with E-state index < -0.39 is 36.3 Å². The molecule has 1 aromatic carbocycles. The summed E-state index contributed by atoms with van der Waals surface area (Å²) in [6.45, 7) is 8.40. The molecule has 0 bridgehead atoms. The van der Waals surface area contributed by atoms with E-state index >= 15 is 0 Å². The number of benzene rings is 1. The quantitative estimate of drug-likeness (QED) is 0.474. The van der Waals surface area contributed by atoms with Crippen LogP contribution < -0.4 is 10.6 Å². The molecule has 36 heavy (non-hydrogen) atoms. The van der Waals surface area contributed by atoms with E-state index in [-0.39, 0.29) is 18.0 Å². The van der Waals surface area contributed by atoms with Gasteiger partial charge in [-0.1, -0.05) is 50.1 Å². The fourth-order valence-electron chi connectivity index (χ4n) is 4.82. The van der Waals surface area contributed by atoms with Crippen molar-refractivity contribution in [1.82, 2.24) is 15.5 Å². The smallest absolute Gasteiger partial charge is 0.408 e. The Balaban J connectivity index is 1.94. The van der Waals surface area contributed by atoms with Crippen molar-refractivity contribution in [2.24, 2.45) is 0 Å². The van der Waals surface area contributed by atoms with Crippen molar-refractivity contribution >= 4 is 24.0 Å². The highest BCUT2D eigenvalue weighted by Gasteiger charge is 2.42. The Bertz CT molecular complexity index is 931. The Kier molecular flexibility index (Phi) is 9.54. The summed E-state index contributed by atoms with van der Waals surface area (Å²) in [4.78, 5) is 41.7. The summed E-state index contributed by atoms with van der Waals surface area (Å²) in [5, 5.41) is 15.8. The maximum atomic E-state index is 13.9. The number of amides is 3. The average Bonchev–Trinajstić information content (AvgIpc) is 2.80. The molecule has 2 unspecified atom stereocenters. The van der Waals surface area contributed by atoms with Crippen LogP contribution in [0.5, 0.6) is 0 Å². The van der Waals surface area contributed by atoms with Gasteiger partial charge in [0, 0.05) is 12.1 Å². The largest absolute Gasteiger partial charge is 0.444 e. The third-order valence-electron chi connectivity index (χ3n) is 6.83. The van der Waals surface area contributed by atoms with Gasteiger partial charge in [-0.3, -0.25) is 9.59 Å². The fourth-order valence-corrected chi connectivity index (χ4v) is 4.82. The molecule has 3 rings (SSSR count). The Morgan fingerprint density at radius 1 is 1.14 bits per heavy atom. The van der Waals surface area contributed by atoms with Crippen LogP contribution in [0, 0.1) is 0 Å². The maximum absolute atomic E-state index is 13.9. The van der Waals surface area contributed by atoms with E-state index in [2.05, 4.69) is 17.2 Å². The molecule has 8 nitrogen and oxygen atoms in total. The molecule has 0 saturated heterocycles. The lowest BCUT2D eigenvalue weighted by Crippen LogP contribution is -2.59. The molecule has 2 saturated carbocycles. The minimum absolute atomic E-state index is 0.0724. The van der Waals surface area contributed by atoms with Crippen LogP contribution >= 0.6 is 0 Å². The summed E-state index contributed by atoms with van der Waals surface area (Å²) in [7, 11) is 0. The summed E-state index contributed by atoms with van der Waals surface area (Å²) in [6, 6.07) is 5.23. The first-order valence-electron chi connectivity index (χ1n) is 13.1. The Morgan fingerprint density at radius 3 is 2.39 bits per heavy atom. The van der Waals surface area contributed by atoms with E-state index in [4.69, 9.17) is 4.74 Å². The lowest BCUT2D eigenvalue weighted by molar-refractivity contribution is -0.148. The molecule has 1 aromatic rings. The molecule has 8 heteroatoms. The van der Waals surface area contributed by atoms with Crippen molar-refractivity contribution in [2.75, 3.05) is 6.61 Å². The van der Waals surface area contributed by atoms with Crippen LogP contribution in [0.15, 0.2) is 30.8 Å². The predicted octanol–water partition coefficient (Wildman–Crippen LogP) is 4.09. The summed E-state index contributed by atoms with van der Waals surface area (Å²) in [5.41, 5.74) is 0.762. The summed E-state index contributed by atoms with van der Waals surface area (Å²) >= 11 is 0. The molecule has 2 atom stereocenters. The molecular formula is C28H41N3O5. The molecule has 3 N–H and O–H groups in total. The Morgan fingerprint density at radius 2 is 1.83 bits per heavy atom. The standard InChI is InChI=1S/C28H41N3O5/c1-5-19-11-9-12-20(17-19)24(25(33)29-21-13-7-6-8-14-21)31(22-15-10-16-22)26(34)23(18-32)30-27(35)36-28(2,3)4/h5,9,11-12,17,21-24,32H,1,6-8,10,13-16,18H2,2-4H3,(H,29,33)(H,30,35). The van der Waals surface area contributed by atoms with Gasteiger partial charge in [0.2, 0.25) is 11.8 Å². The number of aliphatic hydroxyl groups excluding tert-OH is 1. The third kappa shape index (κ3) is 7.32. The van der Waals surface area contributed by atoms with Crippen LogP contribution in [0.1, 0.15) is 89.3 Å². The van der Waals surface area contributed by atoms with Crippen molar-refractivity contribution in [1.29, 1.82) is 0 Å². The van der Waals surface area contributed by atoms with Gasteiger partial charge in [0.1, 0.15) is 17.7 Å². The van der Waals surface area contributed by atoms with Gasteiger partial charge in [0.25, 0.3) is 0 Å². The van der Waals surface area contributed by atoms with E-state index in [0.717, 1.165) is 50.5 Å². The number of nitrogens with one attached hydrogen (secondary N) is 2. The molecular weight excluding hydrogens is 458 g/mol. The number of rotatable bonds is 9. The number of carbonyl (C=O) groups excluding carboxylic acids is 3. The molecule has 0 radical (unpaired) electrons. The zero-order valence-electron chi connectivity index (χ0n) is 21.8. The highest BCUT2D eigenvalue weighted by molar-refractivity contribution is 5.92. The van der Waals surface area contributed by atoms with Crippen molar-refractivity contribution in [2.45, 2.75) is 102 Å². The van der Waals surface area contributed by atoms with Gasteiger partial charge in [-0.15, -0.1) is 0 Å². The van der Waals surface area contributed by atoms with Crippen LogP contribution in [0.3, 0.4) is 0 Å². The van der Waals surface area contributed by atoms with Gasteiger partial charge in [-0.2, -0.15) is 0 Å². The first-order valence-corrected chi connectivity index (χ1v) is 13.1. The minimum atomic E-state index is -1.23. The molecule has 2 fully saturated rings. The van der Waals surface area contributed by atoms with Crippen molar-refractivity contribution in [3.63, 3.8) is 0 Å². The fraction of sp³-hybridized carbons (Fsp3) is 0.607. The second-order valence-electron chi connectivity index (χ2n) is 10.8. The summed E-state index contributed by atoms with van der Waals surface area (Å²) < 4.78 is 5.30. The van der Waals surface area contributed by atoms with Gasteiger partial charge in [-0.25, -0.2) is 4.79 Å². The summed E-state index contributed by atoms with van der Waals surface area (Å²) in [5.74, 6) is -0.738. The SMILES string of the molecule is C=Cc1cccc(C(C(=O)NC2CCCCC2)N(C(=O)C(CO)NC(=O)OC(C)(C)C)C2CCC2)c1. The topological polar surface area (TPSA) is 108 Å². The molecule has 0 heterocycles. The second-order valence-corrected chi connectivity index (χ2v) is 10.8. The van der Waals surface area contributed by atoms with Gasteiger partial charge >= 0.3 is 6.09 Å². The zero-order valence-corrected chi connectivity index (χ0v) is 21.8. The lowest BCUT2D eigenvalue weighted by atomic mass is 9.87. The van der Waals surface area contributed by atoms with E-state index in [0.29, 0.717) is 5.56 Å². The number of alkyl carbamates (subject to hydrolysis) is 1. The third-order valence-corrected chi connectivity index (χ3v) is 6.83. The van der Waals surface area contributed by atoms with Gasteiger partial charge in [0.15, 0.2) is 0 Å². The highest BCUT2D eigenvalue weighted by atomic mass is 16.6. The lowest BCUT2D eigenvalue weighted by Gasteiger charge is -2.44. The van der Waals surface area contributed by atoms with Crippen molar-refractivity contribution < 1.29 is 24.2 Å². The number of nitrogens with zero attached hydrogens (tertiary/aromatic N) is 1. The Labute approximate surface area is 214 Å². The van der Waals surface area contributed by atoms with E-state index in [9.17, 15) is 19.5 Å². The molecule has 3 amide bonds. The number of hydrogen-bond donors (Lipinski definition) is 3. The van der Waals surface area contributed by atoms with E-state index in [1.165, 1.54) is 6.42 Å². The van der Waals surface area contributed by atoms with Crippen LogP contribution in [0.2, 0.25) is 0 Å². The van der Waals surface area contributed by atoms with Gasteiger partial charge in [-0.05, 0) is 70.1 Å². The molecule has 198 valence electrons. The molecule has 0 spiro atoms. The van der Waals surface area contributed by atoms with Crippen molar-refractivity contribution in [3.8, 4) is 0 Å². The number of ether oxygens (including phenoxy) is 1. The monoisotopic (exact) mass is 499 g/mol. The molecule has 2 aliphatic carbocycles. The number of carbonyl (C=O) groups is 3.